The molecule has 0 fully saturated rings. The van der Waals surface area contributed by atoms with Crippen molar-refractivity contribution in [3.63, 3.8) is 0 Å². The highest BCUT2D eigenvalue weighted by Gasteiger charge is 2.19. The second-order valence-electron chi connectivity index (χ2n) is 4.45. The number of hydrogen-bond donors (Lipinski definition) is 2. The average Bonchev–Trinajstić information content (AvgIpc) is 1.98. The van der Waals surface area contributed by atoms with E-state index in [2.05, 4.69) is 11.2 Å². The van der Waals surface area contributed by atoms with Gasteiger partial charge in [-0.3, -0.25) is 0 Å². The smallest absolute Gasteiger partial charge is 0.408 e. The van der Waals surface area contributed by atoms with Crippen LogP contribution in [0.1, 0.15) is 34.1 Å². The molecule has 4 nitrogen and oxygen atoms in total. The van der Waals surface area contributed by atoms with Gasteiger partial charge in [0.05, 0.1) is 12.1 Å². The van der Waals surface area contributed by atoms with Gasteiger partial charge in [-0.05, 0) is 27.7 Å². The van der Waals surface area contributed by atoms with Crippen molar-refractivity contribution in [2.45, 2.75) is 51.9 Å². The molecule has 0 aromatic rings. The number of carbonyl (C=O) groups excluding carboxylic acids is 1. The molecule has 4 heteroatoms. The number of alkyl carbamates (subject to hydrolysis) is 1. The van der Waals surface area contributed by atoms with Crippen LogP contribution in [0.2, 0.25) is 0 Å². The van der Waals surface area contributed by atoms with E-state index in [1.165, 1.54) is 0 Å². The first-order valence-corrected chi connectivity index (χ1v) is 4.88. The topological polar surface area (TPSA) is 58.6 Å². The lowest BCUT2D eigenvalue weighted by atomic mass is 10.1. The van der Waals surface area contributed by atoms with Crippen LogP contribution in [0.25, 0.3) is 0 Å². The van der Waals surface area contributed by atoms with E-state index < -0.39 is 23.8 Å². The molecule has 0 aliphatic rings. The number of nitrogens with one attached hydrogen (secondary N) is 1. The predicted molar refractivity (Wildman–Crippen MR) is 58.3 cm³/mol. The van der Waals surface area contributed by atoms with Crippen LogP contribution in [-0.4, -0.2) is 28.9 Å². The molecule has 0 saturated heterocycles. The molecule has 0 radical (unpaired) electrons. The van der Waals surface area contributed by atoms with E-state index in [0.717, 1.165) is 0 Å². The molecule has 0 aromatic carbocycles. The minimum absolute atomic E-state index is 0.315. The van der Waals surface area contributed by atoms with Gasteiger partial charge in [0.1, 0.15) is 5.60 Å². The number of aliphatic hydroxyl groups is 1. The van der Waals surface area contributed by atoms with Crippen molar-refractivity contribution in [3.8, 4) is 12.3 Å². The number of carbonyl (C=O) groups is 1. The maximum Gasteiger partial charge on any atom is 0.408 e. The van der Waals surface area contributed by atoms with Crippen molar-refractivity contribution < 1.29 is 14.6 Å². The summed E-state index contributed by atoms with van der Waals surface area (Å²) in [6.07, 6.45) is 4.40. The second kappa shape index (κ2) is 5.62. The molecule has 0 heterocycles. The Bertz CT molecular complexity index is 248. The minimum atomic E-state index is -0.564. The lowest BCUT2D eigenvalue weighted by Crippen LogP contribution is -2.39. The predicted octanol–water partition coefficient (Wildman–Crippen LogP) is 1.28. The van der Waals surface area contributed by atoms with E-state index in [1.807, 2.05) is 0 Å². The normalized spacial score (nSPS) is 14.9. The number of hydrogen-bond acceptors (Lipinski definition) is 3. The van der Waals surface area contributed by atoms with Gasteiger partial charge in [0.25, 0.3) is 0 Å². The van der Waals surface area contributed by atoms with E-state index in [0.29, 0.717) is 6.42 Å². The van der Waals surface area contributed by atoms with Crippen LogP contribution in [-0.2, 0) is 4.74 Å². The average molecular weight is 213 g/mol. The summed E-state index contributed by atoms with van der Waals surface area (Å²) in [6.45, 7) is 6.92. The molecule has 86 valence electrons. The summed E-state index contributed by atoms with van der Waals surface area (Å²) in [5.74, 6) is 2.38. The molecule has 0 aliphatic carbocycles. The maximum absolute atomic E-state index is 11.3. The molecule has 1 amide bonds. The molecule has 15 heavy (non-hydrogen) atoms. The molecule has 0 aliphatic heterocycles. The molecule has 0 bridgehead atoms. The number of rotatable bonds is 3. The van der Waals surface area contributed by atoms with Crippen molar-refractivity contribution in [1.29, 1.82) is 0 Å². The quantitative estimate of drug-likeness (QED) is 0.694. The molecule has 0 spiro atoms. The summed E-state index contributed by atoms with van der Waals surface area (Å²) >= 11 is 0. The fraction of sp³-hybridized carbons (Fsp3) is 0.727. The molecule has 2 unspecified atom stereocenters. The highest BCUT2D eigenvalue weighted by Crippen LogP contribution is 2.07. The summed E-state index contributed by atoms with van der Waals surface area (Å²) in [5.41, 5.74) is -0.548. The van der Waals surface area contributed by atoms with E-state index in [9.17, 15) is 4.79 Å². The molecule has 2 atom stereocenters. The fourth-order valence-electron chi connectivity index (χ4n) is 0.960. The monoisotopic (exact) mass is 213 g/mol. The zero-order valence-electron chi connectivity index (χ0n) is 9.70. The standard InChI is InChI=1S/C11H19NO3/c1-6-9(7-8(2)13)12-10(14)15-11(3,4)5/h1,8-9,13H,7H2,2-5H3,(H,12,14). The van der Waals surface area contributed by atoms with Crippen molar-refractivity contribution in [2.24, 2.45) is 0 Å². The van der Waals surface area contributed by atoms with Gasteiger partial charge in [-0.1, -0.05) is 5.92 Å². The Morgan fingerprint density at radius 1 is 1.60 bits per heavy atom. The van der Waals surface area contributed by atoms with Gasteiger partial charge in [0.2, 0.25) is 0 Å². The maximum atomic E-state index is 11.3. The van der Waals surface area contributed by atoms with Crippen molar-refractivity contribution in [2.75, 3.05) is 0 Å². The molecule has 0 aromatic heterocycles. The largest absolute Gasteiger partial charge is 0.444 e. The zero-order valence-corrected chi connectivity index (χ0v) is 9.70. The highest BCUT2D eigenvalue weighted by atomic mass is 16.6. The van der Waals surface area contributed by atoms with Gasteiger partial charge in [-0.2, -0.15) is 0 Å². The van der Waals surface area contributed by atoms with Gasteiger partial charge in [0, 0.05) is 6.42 Å². The fourth-order valence-corrected chi connectivity index (χ4v) is 0.960. The van der Waals surface area contributed by atoms with Crippen molar-refractivity contribution >= 4 is 6.09 Å². The van der Waals surface area contributed by atoms with Crippen molar-refractivity contribution in [1.82, 2.24) is 5.32 Å². The highest BCUT2D eigenvalue weighted by molar-refractivity contribution is 5.68. The molecule has 0 saturated carbocycles. The van der Waals surface area contributed by atoms with Crippen LogP contribution >= 0.6 is 0 Å². The Hall–Kier alpha value is -1.21. The third kappa shape index (κ3) is 7.83. The Labute approximate surface area is 91.0 Å². The van der Waals surface area contributed by atoms with E-state index in [4.69, 9.17) is 16.3 Å². The minimum Gasteiger partial charge on any atom is -0.444 e. The van der Waals surface area contributed by atoms with Crippen LogP contribution < -0.4 is 5.32 Å². The SMILES string of the molecule is C#CC(CC(C)O)NC(=O)OC(C)(C)C. The Morgan fingerprint density at radius 3 is 2.47 bits per heavy atom. The summed E-state index contributed by atoms with van der Waals surface area (Å²) in [5, 5.41) is 11.6. The summed E-state index contributed by atoms with van der Waals surface area (Å²) in [6, 6.07) is -0.500. The van der Waals surface area contributed by atoms with E-state index in [1.54, 1.807) is 27.7 Å². The summed E-state index contributed by atoms with van der Waals surface area (Å²) in [7, 11) is 0. The second-order valence-corrected chi connectivity index (χ2v) is 4.45. The van der Waals surface area contributed by atoms with Gasteiger partial charge in [0.15, 0.2) is 0 Å². The lowest BCUT2D eigenvalue weighted by molar-refractivity contribution is 0.0504. The van der Waals surface area contributed by atoms with Gasteiger partial charge in [-0.15, -0.1) is 6.42 Å². The summed E-state index contributed by atoms with van der Waals surface area (Å²) < 4.78 is 5.02. The number of amides is 1. The molecule has 2 N–H and O–H groups in total. The first kappa shape index (κ1) is 13.8. The third-order valence-corrected chi connectivity index (χ3v) is 1.47. The van der Waals surface area contributed by atoms with Gasteiger partial charge < -0.3 is 15.2 Å². The molecular weight excluding hydrogens is 194 g/mol. The Balaban J connectivity index is 4.10. The first-order valence-electron chi connectivity index (χ1n) is 4.88. The van der Waals surface area contributed by atoms with E-state index in [-0.39, 0.29) is 0 Å². The number of terminal acetylenes is 1. The van der Waals surface area contributed by atoms with Crippen LogP contribution in [0.15, 0.2) is 0 Å². The number of ether oxygens (including phenoxy) is 1. The van der Waals surface area contributed by atoms with E-state index >= 15 is 0 Å². The van der Waals surface area contributed by atoms with Gasteiger partial charge >= 0.3 is 6.09 Å². The van der Waals surface area contributed by atoms with Gasteiger partial charge in [-0.25, -0.2) is 4.79 Å². The Morgan fingerprint density at radius 2 is 2.13 bits per heavy atom. The molecular formula is C11H19NO3. The van der Waals surface area contributed by atoms with Crippen LogP contribution in [0.5, 0.6) is 0 Å². The first-order chi connectivity index (χ1) is 6.74. The molecule has 0 rings (SSSR count). The van der Waals surface area contributed by atoms with Crippen molar-refractivity contribution in [3.05, 3.63) is 0 Å². The lowest BCUT2D eigenvalue weighted by Gasteiger charge is -2.22. The Kier molecular flexibility index (Phi) is 5.16. The zero-order chi connectivity index (χ0) is 12.1. The number of aliphatic hydroxyl groups excluding tert-OH is 1. The van der Waals surface area contributed by atoms with Crippen LogP contribution in [0.3, 0.4) is 0 Å². The summed E-state index contributed by atoms with van der Waals surface area (Å²) in [4.78, 5) is 11.3. The van der Waals surface area contributed by atoms with Crippen LogP contribution in [0, 0.1) is 12.3 Å². The van der Waals surface area contributed by atoms with Crippen LogP contribution in [0.4, 0.5) is 4.79 Å². The third-order valence-electron chi connectivity index (χ3n) is 1.47.